The molecule has 1 atom stereocenters. The molecule has 0 aromatic rings. The van der Waals surface area contributed by atoms with E-state index in [0.29, 0.717) is 12.0 Å². The number of hydrogen-bond donors (Lipinski definition) is 2. The number of aliphatic hydroxyl groups is 1. The molecule has 0 radical (unpaired) electrons. The summed E-state index contributed by atoms with van der Waals surface area (Å²) in [5.41, 5.74) is 0.347. The zero-order valence-corrected chi connectivity index (χ0v) is 6.70. The van der Waals surface area contributed by atoms with Gasteiger partial charge in [0.05, 0.1) is 6.42 Å². The molecule has 2 N–H and O–H groups in total. The lowest BCUT2D eigenvalue weighted by atomic mass is 10.1. The molecule has 0 aliphatic heterocycles. The molecule has 0 heterocycles. The van der Waals surface area contributed by atoms with Crippen LogP contribution < -0.4 is 0 Å². The van der Waals surface area contributed by atoms with E-state index in [0.717, 1.165) is 0 Å². The summed E-state index contributed by atoms with van der Waals surface area (Å²) < 4.78 is 0. The fourth-order valence-electron chi connectivity index (χ4n) is 1.31. The van der Waals surface area contributed by atoms with Gasteiger partial charge in [-0.15, -0.1) is 0 Å². The summed E-state index contributed by atoms with van der Waals surface area (Å²) in [5.74, 6) is -1.96. The van der Waals surface area contributed by atoms with Crippen molar-refractivity contribution in [1.82, 2.24) is 0 Å². The molecule has 0 saturated carbocycles. The second-order valence-electron chi connectivity index (χ2n) is 2.99. The second kappa shape index (κ2) is 2.97. The van der Waals surface area contributed by atoms with Gasteiger partial charge in [-0.05, 0) is 12.0 Å². The Morgan fingerprint density at radius 2 is 2.25 bits per heavy atom. The Morgan fingerprint density at radius 1 is 1.67 bits per heavy atom. The fourth-order valence-corrected chi connectivity index (χ4v) is 1.31. The number of ketones is 1. The number of carbonyl (C=O) groups excluding carboxylic acids is 1. The van der Waals surface area contributed by atoms with Crippen LogP contribution in [0, 0.1) is 5.92 Å². The monoisotopic (exact) mass is 170 g/mol. The first kappa shape index (κ1) is 8.77. The fraction of sp³-hybridized carbons (Fsp3) is 0.500. The first-order valence-corrected chi connectivity index (χ1v) is 3.69. The number of Topliss-reactive ketones (excluding diaryl/α,β-unsaturated/α-hetero) is 1. The minimum absolute atomic E-state index is 0.234. The van der Waals surface area contributed by atoms with Crippen LogP contribution in [0.25, 0.3) is 0 Å². The Morgan fingerprint density at radius 3 is 2.58 bits per heavy atom. The van der Waals surface area contributed by atoms with Gasteiger partial charge in [-0.3, -0.25) is 9.59 Å². The molecule has 0 saturated heterocycles. The third-order valence-corrected chi connectivity index (χ3v) is 1.93. The smallest absolute Gasteiger partial charge is 0.307 e. The normalized spacial score (nSPS) is 23.4. The van der Waals surface area contributed by atoms with Gasteiger partial charge in [0.1, 0.15) is 0 Å². The van der Waals surface area contributed by atoms with Crippen molar-refractivity contribution in [2.75, 3.05) is 0 Å². The summed E-state index contributed by atoms with van der Waals surface area (Å²) >= 11 is 0. The van der Waals surface area contributed by atoms with Gasteiger partial charge in [0, 0.05) is 5.92 Å². The summed E-state index contributed by atoms with van der Waals surface area (Å²) in [7, 11) is 0. The van der Waals surface area contributed by atoms with Crippen molar-refractivity contribution in [2.45, 2.75) is 19.8 Å². The molecule has 12 heavy (non-hydrogen) atoms. The number of carboxylic acid groups (broad SMARTS) is 1. The van der Waals surface area contributed by atoms with Crippen molar-refractivity contribution in [3.05, 3.63) is 11.3 Å². The van der Waals surface area contributed by atoms with Crippen LogP contribution >= 0.6 is 0 Å². The third kappa shape index (κ3) is 1.47. The van der Waals surface area contributed by atoms with E-state index in [1.807, 2.05) is 0 Å². The number of aliphatic carboxylic acids is 1. The summed E-state index contributed by atoms with van der Waals surface area (Å²) in [6.45, 7) is 1.67. The second-order valence-corrected chi connectivity index (χ2v) is 2.99. The SMILES string of the molecule is CC1CC(CC(=O)O)=C(O)C1=O. The largest absolute Gasteiger partial charge is 0.504 e. The molecule has 0 amide bonds. The van der Waals surface area contributed by atoms with Gasteiger partial charge in [-0.1, -0.05) is 6.92 Å². The van der Waals surface area contributed by atoms with Gasteiger partial charge in [0.25, 0.3) is 0 Å². The van der Waals surface area contributed by atoms with Crippen molar-refractivity contribution in [2.24, 2.45) is 5.92 Å². The number of allylic oxidation sites excluding steroid dienone is 1. The highest BCUT2D eigenvalue weighted by Gasteiger charge is 2.30. The molecule has 1 unspecified atom stereocenters. The predicted molar refractivity (Wildman–Crippen MR) is 40.7 cm³/mol. The maximum atomic E-state index is 11.0. The zero-order valence-electron chi connectivity index (χ0n) is 6.70. The van der Waals surface area contributed by atoms with Crippen molar-refractivity contribution in [1.29, 1.82) is 0 Å². The van der Waals surface area contributed by atoms with Crippen molar-refractivity contribution >= 4 is 11.8 Å². The van der Waals surface area contributed by atoms with Crippen molar-refractivity contribution < 1.29 is 19.8 Å². The Bertz CT molecular complexity index is 264. The van der Waals surface area contributed by atoms with Crippen LogP contribution in [0.3, 0.4) is 0 Å². The molecule has 0 bridgehead atoms. The Labute approximate surface area is 69.5 Å². The van der Waals surface area contributed by atoms with E-state index in [9.17, 15) is 9.59 Å². The molecule has 4 heteroatoms. The van der Waals surface area contributed by atoms with E-state index in [4.69, 9.17) is 10.2 Å². The van der Waals surface area contributed by atoms with Gasteiger partial charge in [-0.25, -0.2) is 0 Å². The van der Waals surface area contributed by atoms with Gasteiger partial charge in [0.15, 0.2) is 11.5 Å². The summed E-state index contributed by atoms with van der Waals surface area (Å²) in [5, 5.41) is 17.6. The Balaban J connectivity index is 2.78. The molecule has 1 rings (SSSR count). The van der Waals surface area contributed by atoms with Gasteiger partial charge in [0.2, 0.25) is 0 Å². The number of rotatable bonds is 2. The molecule has 0 aromatic heterocycles. The van der Waals surface area contributed by atoms with E-state index < -0.39 is 5.97 Å². The van der Waals surface area contributed by atoms with Crippen LogP contribution in [0.15, 0.2) is 11.3 Å². The lowest BCUT2D eigenvalue weighted by molar-refractivity contribution is -0.136. The molecule has 66 valence electrons. The number of hydrogen-bond acceptors (Lipinski definition) is 3. The van der Waals surface area contributed by atoms with E-state index in [1.54, 1.807) is 6.92 Å². The number of carbonyl (C=O) groups is 2. The first-order valence-electron chi connectivity index (χ1n) is 3.69. The van der Waals surface area contributed by atoms with Crippen LogP contribution in [0.4, 0.5) is 0 Å². The van der Waals surface area contributed by atoms with Gasteiger partial charge >= 0.3 is 5.97 Å². The Kier molecular flexibility index (Phi) is 2.17. The highest BCUT2D eigenvalue weighted by atomic mass is 16.4. The topological polar surface area (TPSA) is 74.6 Å². The summed E-state index contributed by atoms with van der Waals surface area (Å²) in [6.07, 6.45) is 0.138. The summed E-state index contributed by atoms with van der Waals surface area (Å²) in [4.78, 5) is 21.3. The van der Waals surface area contributed by atoms with Crippen molar-refractivity contribution in [3.8, 4) is 0 Å². The molecular weight excluding hydrogens is 160 g/mol. The zero-order chi connectivity index (χ0) is 9.30. The summed E-state index contributed by atoms with van der Waals surface area (Å²) in [6, 6.07) is 0. The first-order chi connectivity index (χ1) is 5.52. The molecule has 0 fully saturated rings. The Hall–Kier alpha value is -1.32. The van der Waals surface area contributed by atoms with Crippen LogP contribution in [-0.4, -0.2) is 22.0 Å². The van der Waals surface area contributed by atoms with E-state index in [2.05, 4.69) is 0 Å². The van der Waals surface area contributed by atoms with Crippen LogP contribution in [0.2, 0.25) is 0 Å². The minimum Gasteiger partial charge on any atom is -0.504 e. The maximum Gasteiger partial charge on any atom is 0.307 e. The molecule has 1 aliphatic carbocycles. The minimum atomic E-state index is -1.02. The number of carboxylic acids is 1. The van der Waals surface area contributed by atoms with Crippen LogP contribution in [0.5, 0.6) is 0 Å². The van der Waals surface area contributed by atoms with Crippen molar-refractivity contribution in [3.63, 3.8) is 0 Å². The van der Waals surface area contributed by atoms with E-state index in [-0.39, 0.29) is 23.9 Å². The highest BCUT2D eigenvalue weighted by Crippen LogP contribution is 2.28. The molecular formula is C8H10O4. The number of aliphatic hydroxyl groups excluding tert-OH is 1. The standard InChI is InChI=1S/C8H10O4/c1-4-2-5(3-6(9)10)8(12)7(4)11/h4,12H,2-3H2,1H3,(H,9,10). The van der Waals surface area contributed by atoms with Gasteiger partial charge in [-0.2, -0.15) is 0 Å². The average molecular weight is 170 g/mol. The van der Waals surface area contributed by atoms with Gasteiger partial charge < -0.3 is 10.2 Å². The maximum absolute atomic E-state index is 11.0. The molecule has 0 spiro atoms. The highest BCUT2D eigenvalue weighted by molar-refractivity contribution is 5.98. The van der Waals surface area contributed by atoms with Crippen LogP contribution in [0.1, 0.15) is 19.8 Å². The molecule has 0 aromatic carbocycles. The molecule has 1 aliphatic rings. The van der Waals surface area contributed by atoms with E-state index >= 15 is 0 Å². The average Bonchev–Trinajstić information content (AvgIpc) is 2.17. The lowest BCUT2D eigenvalue weighted by Gasteiger charge is -1.96. The van der Waals surface area contributed by atoms with Crippen LogP contribution in [-0.2, 0) is 9.59 Å². The lowest BCUT2D eigenvalue weighted by Crippen LogP contribution is -2.04. The predicted octanol–water partition coefficient (Wildman–Crippen LogP) is 0.882. The third-order valence-electron chi connectivity index (χ3n) is 1.93. The quantitative estimate of drug-likeness (QED) is 0.645. The molecule has 4 nitrogen and oxygen atoms in total. The van der Waals surface area contributed by atoms with E-state index in [1.165, 1.54) is 0 Å².